The Labute approximate surface area is 197 Å². The van der Waals surface area contributed by atoms with Gasteiger partial charge in [-0.25, -0.2) is 0 Å². The molecule has 33 heavy (non-hydrogen) atoms. The molecule has 1 aromatic heterocycles. The summed E-state index contributed by atoms with van der Waals surface area (Å²) < 4.78 is 1.46. The average molecular weight is 464 g/mol. The smallest absolute Gasteiger partial charge is 0.250 e. The van der Waals surface area contributed by atoms with Crippen LogP contribution in [0.3, 0.4) is 0 Å². The first-order valence-electron chi connectivity index (χ1n) is 10.9. The molecule has 2 heterocycles. The van der Waals surface area contributed by atoms with E-state index in [0.29, 0.717) is 29.1 Å². The Morgan fingerprint density at radius 2 is 1.88 bits per heavy atom. The van der Waals surface area contributed by atoms with E-state index in [0.717, 1.165) is 35.3 Å². The number of halogens is 1. The summed E-state index contributed by atoms with van der Waals surface area (Å²) in [7, 11) is 1.67. The molecule has 0 radical (unpaired) electrons. The normalized spacial score (nSPS) is 15.2. The number of rotatable bonds is 6. The van der Waals surface area contributed by atoms with Gasteiger partial charge in [0.15, 0.2) is 0 Å². The van der Waals surface area contributed by atoms with Crippen LogP contribution in [-0.4, -0.2) is 27.9 Å². The molecule has 4 rings (SSSR count). The van der Waals surface area contributed by atoms with Crippen LogP contribution < -0.4 is 10.5 Å². The van der Waals surface area contributed by atoms with E-state index in [1.54, 1.807) is 19.3 Å². The molecule has 6 nitrogen and oxygen atoms in total. The molecule has 1 unspecified atom stereocenters. The van der Waals surface area contributed by atoms with Crippen molar-refractivity contribution in [2.24, 2.45) is 12.2 Å². The lowest BCUT2D eigenvalue weighted by atomic mass is 9.83. The number of carbonyl (C=O) groups excluding carboxylic acids is 1. The largest absolute Gasteiger partial charge is 0.411 e. The summed E-state index contributed by atoms with van der Waals surface area (Å²) in [5.74, 6) is 0.0333. The number of amides is 1. The van der Waals surface area contributed by atoms with Gasteiger partial charge in [0.2, 0.25) is 11.5 Å². The lowest BCUT2D eigenvalue weighted by Gasteiger charge is -2.22. The molecule has 1 saturated heterocycles. The maximum Gasteiger partial charge on any atom is 0.250 e. The van der Waals surface area contributed by atoms with Crippen LogP contribution in [0.25, 0.3) is 0 Å². The molecule has 1 aliphatic heterocycles. The Hall–Kier alpha value is -3.38. The molecule has 0 spiro atoms. The predicted molar refractivity (Wildman–Crippen MR) is 131 cm³/mol. The summed E-state index contributed by atoms with van der Waals surface area (Å²) in [5, 5.41) is 14.1. The van der Waals surface area contributed by atoms with E-state index in [-0.39, 0.29) is 17.4 Å². The van der Waals surface area contributed by atoms with Gasteiger partial charge in [0, 0.05) is 60.9 Å². The van der Waals surface area contributed by atoms with E-state index in [2.05, 4.69) is 5.16 Å². The summed E-state index contributed by atoms with van der Waals surface area (Å²) >= 11 is 6.20. The number of hydrogen-bond acceptors (Lipinski definition) is 4. The fraction of sp³-hybridized carbons (Fsp3) is 0.269. The number of carbonyl (C=O) groups is 1. The first-order valence-corrected chi connectivity index (χ1v) is 11.3. The van der Waals surface area contributed by atoms with Crippen LogP contribution >= 0.6 is 11.6 Å². The second-order valence-electron chi connectivity index (χ2n) is 8.41. The highest BCUT2D eigenvalue weighted by Crippen LogP contribution is 2.34. The lowest BCUT2D eigenvalue weighted by Crippen LogP contribution is -2.23. The molecule has 1 fully saturated rings. The van der Waals surface area contributed by atoms with Crippen molar-refractivity contribution in [2.75, 3.05) is 11.4 Å². The molecule has 1 amide bonds. The average Bonchev–Trinajstić information content (AvgIpc) is 3.23. The highest BCUT2D eigenvalue weighted by atomic mass is 35.5. The Balaban J connectivity index is 1.72. The Morgan fingerprint density at radius 3 is 2.48 bits per heavy atom. The quantitative estimate of drug-likeness (QED) is 0.322. The van der Waals surface area contributed by atoms with Crippen molar-refractivity contribution in [1.29, 1.82) is 0 Å². The first kappa shape index (κ1) is 22.8. The molecular formula is C26H26ClN3O3. The minimum absolute atomic E-state index is 0.117. The van der Waals surface area contributed by atoms with Gasteiger partial charge in [-0.1, -0.05) is 35.0 Å². The van der Waals surface area contributed by atoms with E-state index < -0.39 is 0 Å². The minimum Gasteiger partial charge on any atom is -0.411 e. The second-order valence-corrected chi connectivity index (χ2v) is 8.85. The van der Waals surface area contributed by atoms with Gasteiger partial charge >= 0.3 is 0 Å². The number of aryl methyl sites for hydroxylation is 2. The number of aromatic nitrogens is 1. The Morgan fingerprint density at radius 1 is 1.12 bits per heavy atom. The number of anilines is 1. The molecule has 7 heteroatoms. The highest BCUT2D eigenvalue weighted by Gasteiger charge is 2.24. The first-order chi connectivity index (χ1) is 15.9. The van der Waals surface area contributed by atoms with Gasteiger partial charge in [0.05, 0.1) is 5.71 Å². The van der Waals surface area contributed by atoms with Crippen LogP contribution in [0.2, 0.25) is 5.02 Å². The summed E-state index contributed by atoms with van der Waals surface area (Å²) in [6, 6.07) is 16.9. The molecule has 0 saturated carbocycles. The zero-order valence-corrected chi connectivity index (χ0v) is 19.4. The van der Waals surface area contributed by atoms with Crippen molar-refractivity contribution in [3.05, 3.63) is 98.4 Å². The van der Waals surface area contributed by atoms with Crippen LogP contribution in [0.1, 0.15) is 47.4 Å². The Kier molecular flexibility index (Phi) is 6.65. The van der Waals surface area contributed by atoms with E-state index in [1.165, 1.54) is 10.6 Å². The van der Waals surface area contributed by atoms with Crippen LogP contribution in [0.4, 0.5) is 5.69 Å². The van der Waals surface area contributed by atoms with Crippen molar-refractivity contribution >= 4 is 28.9 Å². The van der Waals surface area contributed by atoms with Crippen molar-refractivity contribution in [3.8, 4) is 0 Å². The SMILES string of the molecule is Cc1cc(Cl)ccc1C(C/C(=N\O)c1ccc(=O)n(C)c1)c1ccc(N2CCCC2=O)cc1. The van der Waals surface area contributed by atoms with Crippen LogP contribution in [0.5, 0.6) is 0 Å². The molecule has 3 aromatic rings. The summed E-state index contributed by atoms with van der Waals surface area (Å²) in [5.41, 5.74) is 5.04. The molecule has 0 bridgehead atoms. The molecule has 1 aliphatic rings. The third-order valence-electron chi connectivity index (χ3n) is 6.23. The number of nitrogens with zero attached hydrogens (tertiary/aromatic N) is 3. The topological polar surface area (TPSA) is 74.9 Å². The van der Waals surface area contributed by atoms with Gasteiger partial charge in [-0.05, 0) is 60.4 Å². The summed E-state index contributed by atoms with van der Waals surface area (Å²) in [6.45, 7) is 2.75. The van der Waals surface area contributed by atoms with E-state index in [9.17, 15) is 14.8 Å². The molecule has 170 valence electrons. The summed E-state index contributed by atoms with van der Waals surface area (Å²) in [4.78, 5) is 25.8. The third-order valence-corrected chi connectivity index (χ3v) is 6.46. The third kappa shape index (κ3) is 4.86. The monoisotopic (exact) mass is 463 g/mol. The van der Waals surface area contributed by atoms with Crippen LogP contribution in [0, 0.1) is 6.92 Å². The number of benzene rings is 2. The fourth-order valence-electron chi connectivity index (χ4n) is 4.42. The van der Waals surface area contributed by atoms with Gasteiger partial charge in [0.1, 0.15) is 0 Å². The van der Waals surface area contributed by atoms with Crippen molar-refractivity contribution in [2.45, 2.75) is 32.1 Å². The zero-order chi connectivity index (χ0) is 23.5. The van der Waals surface area contributed by atoms with E-state index in [1.807, 2.05) is 54.3 Å². The second kappa shape index (κ2) is 9.63. The molecule has 2 aromatic carbocycles. The molecular weight excluding hydrogens is 438 g/mol. The van der Waals surface area contributed by atoms with Crippen molar-refractivity contribution in [1.82, 2.24) is 4.57 Å². The molecule has 0 aliphatic carbocycles. The predicted octanol–water partition coefficient (Wildman–Crippen LogP) is 4.87. The van der Waals surface area contributed by atoms with Crippen LogP contribution in [-0.2, 0) is 11.8 Å². The summed E-state index contributed by atoms with van der Waals surface area (Å²) in [6.07, 6.45) is 3.55. The van der Waals surface area contributed by atoms with Gasteiger partial charge < -0.3 is 14.7 Å². The number of hydrogen-bond donors (Lipinski definition) is 1. The number of oxime groups is 1. The van der Waals surface area contributed by atoms with Gasteiger partial charge in [-0.3, -0.25) is 9.59 Å². The number of pyridine rings is 1. The van der Waals surface area contributed by atoms with E-state index >= 15 is 0 Å². The van der Waals surface area contributed by atoms with Crippen LogP contribution in [0.15, 0.2) is 70.7 Å². The maximum absolute atomic E-state index is 12.1. The molecule has 1 atom stereocenters. The fourth-order valence-corrected chi connectivity index (χ4v) is 4.65. The highest BCUT2D eigenvalue weighted by molar-refractivity contribution is 6.30. The Bertz CT molecular complexity index is 1260. The van der Waals surface area contributed by atoms with Crippen molar-refractivity contribution < 1.29 is 10.0 Å². The van der Waals surface area contributed by atoms with E-state index in [4.69, 9.17) is 11.6 Å². The minimum atomic E-state index is -0.131. The lowest BCUT2D eigenvalue weighted by molar-refractivity contribution is -0.117. The van der Waals surface area contributed by atoms with Gasteiger partial charge in [0.25, 0.3) is 0 Å². The van der Waals surface area contributed by atoms with Gasteiger partial charge in [-0.2, -0.15) is 0 Å². The van der Waals surface area contributed by atoms with Gasteiger partial charge in [-0.15, -0.1) is 0 Å². The maximum atomic E-state index is 12.1. The molecule has 1 N–H and O–H groups in total. The zero-order valence-electron chi connectivity index (χ0n) is 18.7. The standard InChI is InChI=1S/C26H26ClN3O3/c1-17-14-20(27)8-11-22(17)23(15-24(28-33)19-7-12-25(31)29(2)16-19)18-5-9-21(10-6-18)30-13-3-4-26(30)32/h5-12,14,16,23,33H,3-4,13,15H2,1-2H3/b28-24+. The van der Waals surface area contributed by atoms with Crippen molar-refractivity contribution in [3.63, 3.8) is 0 Å².